The molecule has 1 heteroatoms. The van der Waals surface area contributed by atoms with E-state index in [-0.39, 0.29) is 6.61 Å². The van der Waals surface area contributed by atoms with E-state index in [1.54, 1.807) is 6.08 Å². The van der Waals surface area contributed by atoms with Crippen LogP contribution in [0.15, 0.2) is 36.1 Å². The molecule has 0 unspecified atom stereocenters. The Bertz CT molecular complexity index is 255. The summed E-state index contributed by atoms with van der Waals surface area (Å²) in [7, 11) is 0. The van der Waals surface area contributed by atoms with Crippen LogP contribution in [-0.4, -0.2) is 11.7 Å². The van der Waals surface area contributed by atoms with Crippen LogP contribution in [0.25, 0.3) is 6.08 Å². The third-order valence-electron chi connectivity index (χ3n) is 1.20. The van der Waals surface area contributed by atoms with E-state index in [0.717, 1.165) is 5.56 Å². The van der Waals surface area contributed by atoms with Crippen LogP contribution in [0.5, 0.6) is 0 Å². The minimum atomic E-state index is 0.0372. The van der Waals surface area contributed by atoms with Gasteiger partial charge in [-0.2, -0.15) is 0 Å². The second-order valence-corrected chi connectivity index (χ2v) is 2.03. The molecule has 1 rings (SSSR count). The van der Waals surface area contributed by atoms with Crippen molar-refractivity contribution in [2.75, 3.05) is 6.61 Å². The molecule has 0 bridgehead atoms. The van der Waals surface area contributed by atoms with Crippen LogP contribution in [0.3, 0.4) is 0 Å². The first-order valence-electron chi connectivity index (χ1n) is 3.41. The van der Waals surface area contributed by atoms with Gasteiger partial charge in [-0.3, -0.25) is 0 Å². The summed E-state index contributed by atoms with van der Waals surface area (Å²) in [6, 6.07) is 10.5. The number of aliphatic hydroxyl groups excluding tert-OH is 1. The fourth-order valence-electron chi connectivity index (χ4n) is 0.704. The van der Waals surface area contributed by atoms with Gasteiger partial charge in [-0.15, -0.1) is 5.73 Å². The van der Waals surface area contributed by atoms with Gasteiger partial charge in [-0.25, -0.2) is 0 Å². The van der Waals surface area contributed by atoms with E-state index in [0.29, 0.717) is 0 Å². The highest BCUT2D eigenvalue weighted by Crippen LogP contribution is 1.98. The highest BCUT2D eigenvalue weighted by Gasteiger charge is 1.78. The Balaban J connectivity index is 2.72. The van der Waals surface area contributed by atoms with E-state index in [1.807, 2.05) is 30.3 Å². The largest absolute Gasteiger partial charge is 0.392 e. The van der Waals surface area contributed by atoms with E-state index in [2.05, 4.69) is 11.8 Å². The fraction of sp³-hybridized carbons (Fsp3) is 0.100. The predicted octanol–water partition coefficient (Wildman–Crippen LogP) is 1.65. The Morgan fingerprint density at radius 3 is 2.82 bits per heavy atom. The predicted molar refractivity (Wildman–Crippen MR) is 44.9 cm³/mol. The van der Waals surface area contributed by atoms with Crippen LogP contribution >= 0.6 is 0 Å². The van der Waals surface area contributed by atoms with Crippen molar-refractivity contribution in [3.05, 3.63) is 47.7 Å². The van der Waals surface area contributed by atoms with Crippen LogP contribution in [-0.2, 0) is 0 Å². The molecule has 0 aliphatic heterocycles. The molecule has 0 aliphatic rings. The van der Waals surface area contributed by atoms with Crippen molar-refractivity contribution in [3.8, 4) is 0 Å². The van der Waals surface area contributed by atoms with Gasteiger partial charge in [-0.05, 0) is 23.8 Å². The summed E-state index contributed by atoms with van der Waals surface area (Å²) < 4.78 is 0. The normalized spacial score (nSPS) is 8.45. The van der Waals surface area contributed by atoms with Crippen molar-refractivity contribution in [1.29, 1.82) is 0 Å². The lowest BCUT2D eigenvalue weighted by Gasteiger charge is -1.85. The number of aliphatic hydroxyl groups is 1. The van der Waals surface area contributed by atoms with Crippen LogP contribution in [0.2, 0.25) is 0 Å². The number of hydrogen-bond acceptors (Lipinski definition) is 1. The molecule has 0 spiro atoms. The van der Waals surface area contributed by atoms with Gasteiger partial charge >= 0.3 is 0 Å². The number of hydrogen-bond donors (Lipinski definition) is 1. The quantitative estimate of drug-likeness (QED) is 0.627. The maximum absolute atomic E-state index is 8.40. The lowest BCUT2D eigenvalue weighted by Crippen LogP contribution is -1.68. The Labute approximate surface area is 66.3 Å². The third-order valence-corrected chi connectivity index (χ3v) is 1.20. The van der Waals surface area contributed by atoms with Gasteiger partial charge in [-0.1, -0.05) is 24.3 Å². The molecule has 1 nitrogen and oxygen atoms in total. The maximum Gasteiger partial charge on any atom is 0.0686 e. The van der Waals surface area contributed by atoms with E-state index < -0.39 is 0 Å². The minimum absolute atomic E-state index is 0.0372. The zero-order valence-electron chi connectivity index (χ0n) is 6.12. The molecular weight excluding hydrogens is 136 g/mol. The lowest BCUT2D eigenvalue weighted by molar-refractivity contribution is 0.343. The van der Waals surface area contributed by atoms with Crippen molar-refractivity contribution in [2.45, 2.75) is 0 Å². The SMILES string of the molecule is OCC=C=Cc1cc[c]cc1. The molecule has 0 heterocycles. The summed E-state index contributed by atoms with van der Waals surface area (Å²) >= 11 is 0. The van der Waals surface area contributed by atoms with Gasteiger partial charge < -0.3 is 5.11 Å². The molecule has 0 amide bonds. The molecule has 1 radical (unpaired) electrons. The zero-order chi connectivity index (χ0) is 7.94. The van der Waals surface area contributed by atoms with E-state index in [4.69, 9.17) is 5.11 Å². The van der Waals surface area contributed by atoms with E-state index >= 15 is 0 Å². The smallest absolute Gasteiger partial charge is 0.0686 e. The molecule has 55 valence electrons. The van der Waals surface area contributed by atoms with Crippen molar-refractivity contribution in [1.82, 2.24) is 0 Å². The monoisotopic (exact) mass is 145 g/mol. The molecule has 11 heavy (non-hydrogen) atoms. The second-order valence-electron chi connectivity index (χ2n) is 2.03. The summed E-state index contributed by atoms with van der Waals surface area (Å²) in [5.41, 5.74) is 3.90. The minimum Gasteiger partial charge on any atom is -0.392 e. The molecule has 0 aliphatic carbocycles. The standard InChI is InChI=1S/C10H9O/c11-9-5-4-8-10-6-2-1-3-7-10/h2-3,5-8,11H,9H2. The Hall–Kier alpha value is -1.30. The first-order chi connectivity index (χ1) is 5.43. The van der Waals surface area contributed by atoms with Crippen LogP contribution in [0.4, 0.5) is 0 Å². The summed E-state index contributed by atoms with van der Waals surface area (Å²) in [5.74, 6) is 0. The second kappa shape index (κ2) is 4.51. The molecule has 0 saturated heterocycles. The van der Waals surface area contributed by atoms with Crippen molar-refractivity contribution in [2.24, 2.45) is 0 Å². The third kappa shape index (κ3) is 2.85. The first-order valence-corrected chi connectivity index (χ1v) is 3.41. The van der Waals surface area contributed by atoms with Crippen LogP contribution in [0, 0.1) is 6.07 Å². The maximum atomic E-state index is 8.40. The molecule has 0 fully saturated rings. The zero-order valence-corrected chi connectivity index (χ0v) is 6.12. The molecule has 1 aromatic carbocycles. The van der Waals surface area contributed by atoms with Crippen molar-refractivity contribution in [3.63, 3.8) is 0 Å². The Kier molecular flexibility index (Phi) is 3.20. The van der Waals surface area contributed by atoms with Gasteiger partial charge in [0.2, 0.25) is 0 Å². The molecule has 0 aromatic heterocycles. The van der Waals surface area contributed by atoms with Gasteiger partial charge in [0.1, 0.15) is 0 Å². The summed E-state index contributed by atoms with van der Waals surface area (Å²) in [6.07, 6.45) is 3.38. The number of rotatable bonds is 2. The lowest BCUT2D eigenvalue weighted by atomic mass is 10.2. The molecule has 1 N–H and O–H groups in total. The van der Waals surface area contributed by atoms with E-state index in [1.165, 1.54) is 0 Å². The Morgan fingerprint density at radius 2 is 2.18 bits per heavy atom. The Morgan fingerprint density at radius 1 is 1.45 bits per heavy atom. The summed E-state index contributed by atoms with van der Waals surface area (Å²) in [6.45, 7) is 0.0372. The first kappa shape index (κ1) is 7.80. The molecule has 0 saturated carbocycles. The van der Waals surface area contributed by atoms with Gasteiger partial charge in [0.15, 0.2) is 0 Å². The van der Waals surface area contributed by atoms with Crippen LogP contribution in [0.1, 0.15) is 5.56 Å². The van der Waals surface area contributed by atoms with Gasteiger partial charge in [0.05, 0.1) is 6.61 Å². The van der Waals surface area contributed by atoms with Crippen molar-refractivity contribution >= 4 is 6.08 Å². The fourth-order valence-corrected chi connectivity index (χ4v) is 0.704. The molecule has 0 atom stereocenters. The van der Waals surface area contributed by atoms with Crippen molar-refractivity contribution < 1.29 is 5.11 Å². The van der Waals surface area contributed by atoms with Gasteiger partial charge in [0.25, 0.3) is 0 Å². The molecular formula is C10H9O. The average Bonchev–Trinajstić information content (AvgIpc) is 2.07. The highest BCUT2D eigenvalue weighted by atomic mass is 16.2. The topological polar surface area (TPSA) is 20.2 Å². The van der Waals surface area contributed by atoms with Crippen LogP contribution < -0.4 is 0 Å². The average molecular weight is 145 g/mol. The molecule has 1 aromatic rings. The summed E-state index contributed by atoms with van der Waals surface area (Å²) in [5, 5.41) is 8.40. The van der Waals surface area contributed by atoms with E-state index in [9.17, 15) is 0 Å². The van der Waals surface area contributed by atoms with Gasteiger partial charge in [0, 0.05) is 0 Å². The highest BCUT2D eigenvalue weighted by molar-refractivity contribution is 5.47. The number of benzene rings is 1. The summed E-state index contributed by atoms with van der Waals surface area (Å²) in [4.78, 5) is 0.